The SMILES string of the molecule is CC#CCN(C(C)CO)[C@H]1CC[C@H](CNc2nc(N3CCOC[C@H]3C)cc(-n3c(C(F)F)nc4ccccc43)n2)CC1. The number of anilines is 2. The summed E-state index contributed by atoms with van der Waals surface area (Å²) >= 11 is 0. The van der Waals surface area contributed by atoms with E-state index in [1.54, 1.807) is 24.3 Å². The van der Waals surface area contributed by atoms with E-state index in [9.17, 15) is 13.9 Å². The third kappa shape index (κ3) is 6.66. The number of hydrogen-bond acceptors (Lipinski definition) is 8. The third-order valence-electron chi connectivity index (χ3n) is 8.47. The van der Waals surface area contributed by atoms with E-state index in [1.807, 2.05) is 19.9 Å². The molecule has 2 N–H and O–H groups in total. The summed E-state index contributed by atoms with van der Waals surface area (Å²) in [4.78, 5) is 18.3. The number of halogens is 2. The van der Waals surface area contributed by atoms with Crippen molar-refractivity contribution >= 4 is 22.8 Å². The summed E-state index contributed by atoms with van der Waals surface area (Å²) in [6.45, 7) is 9.21. The molecule has 1 unspecified atom stereocenters. The maximum absolute atomic E-state index is 14.2. The number of fused-ring (bicyclic) bond motifs is 1. The average Bonchev–Trinajstić information content (AvgIpc) is 3.41. The number of nitrogens with zero attached hydrogens (tertiary/aromatic N) is 6. The Labute approximate surface area is 246 Å². The molecule has 1 aliphatic heterocycles. The fraction of sp³-hybridized carbons (Fsp3) is 0.581. The van der Waals surface area contributed by atoms with Gasteiger partial charge in [-0.25, -0.2) is 13.8 Å². The average molecular weight is 582 g/mol. The molecule has 1 saturated carbocycles. The highest BCUT2D eigenvalue weighted by atomic mass is 19.3. The quantitative estimate of drug-likeness (QED) is 0.335. The van der Waals surface area contributed by atoms with Gasteiger partial charge in [-0.3, -0.25) is 9.47 Å². The first-order valence-corrected chi connectivity index (χ1v) is 14.9. The van der Waals surface area contributed by atoms with Gasteiger partial charge in [-0.15, -0.1) is 5.92 Å². The molecule has 226 valence electrons. The molecule has 0 radical (unpaired) electrons. The van der Waals surface area contributed by atoms with Crippen LogP contribution in [0.25, 0.3) is 16.9 Å². The van der Waals surface area contributed by atoms with Crippen LogP contribution in [0.4, 0.5) is 20.5 Å². The van der Waals surface area contributed by atoms with Crippen molar-refractivity contribution in [1.82, 2.24) is 24.4 Å². The Morgan fingerprint density at radius 2 is 1.90 bits per heavy atom. The molecule has 2 aromatic heterocycles. The van der Waals surface area contributed by atoms with Crippen molar-refractivity contribution in [2.75, 3.05) is 49.7 Å². The van der Waals surface area contributed by atoms with Crippen LogP contribution in [0.2, 0.25) is 0 Å². The van der Waals surface area contributed by atoms with Gasteiger partial charge < -0.3 is 20.1 Å². The van der Waals surface area contributed by atoms with Gasteiger partial charge >= 0.3 is 0 Å². The number of morpholine rings is 1. The lowest BCUT2D eigenvalue weighted by atomic mass is 9.85. The van der Waals surface area contributed by atoms with Crippen LogP contribution in [0.1, 0.15) is 58.7 Å². The molecule has 11 heteroatoms. The van der Waals surface area contributed by atoms with Gasteiger partial charge in [0.05, 0.1) is 43.4 Å². The minimum Gasteiger partial charge on any atom is -0.395 e. The summed E-state index contributed by atoms with van der Waals surface area (Å²) in [5.74, 6) is 7.67. The van der Waals surface area contributed by atoms with Crippen LogP contribution < -0.4 is 10.2 Å². The number of para-hydroxylation sites is 2. The smallest absolute Gasteiger partial charge is 0.296 e. The number of aliphatic hydroxyl groups is 1. The fourth-order valence-corrected chi connectivity index (χ4v) is 6.10. The zero-order chi connectivity index (χ0) is 29.6. The number of aromatic nitrogens is 4. The minimum absolute atomic E-state index is 0.0695. The maximum atomic E-state index is 14.2. The van der Waals surface area contributed by atoms with Gasteiger partial charge in [0, 0.05) is 31.2 Å². The Morgan fingerprint density at radius 3 is 2.62 bits per heavy atom. The number of imidazole rings is 1. The van der Waals surface area contributed by atoms with Crippen LogP contribution in [0.5, 0.6) is 0 Å². The fourth-order valence-electron chi connectivity index (χ4n) is 6.10. The maximum Gasteiger partial charge on any atom is 0.296 e. The number of rotatable bonds is 10. The van der Waals surface area contributed by atoms with Crippen LogP contribution >= 0.6 is 0 Å². The highest BCUT2D eigenvalue weighted by molar-refractivity contribution is 5.78. The Hall–Kier alpha value is -3.33. The van der Waals surface area contributed by atoms with Crippen molar-refractivity contribution in [2.24, 2.45) is 5.92 Å². The molecule has 0 spiro atoms. The molecule has 1 aliphatic carbocycles. The Kier molecular flexibility index (Phi) is 9.88. The topological polar surface area (TPSA) is 91.6 Å². The first-order valence-electron chi connectivity index (χ1n) is 14.9. The number of benzene rings is 1. The molecule has 0 bridgehead atoms. The summed E-state index contributed by atoms with van der Waals surface area (Å²) in [5.41, 5.74) is 1.07. The molecule has 2 aliphatic rings. The molecule has 9 nitrogen and oxygen atoms in total. The summed E-state index contributed by atoms with van der Waals surface area (Å²) in [5, 5.41) is 13.2. The molecule has 0 amide bonds. The number of nitrogens with one attached hydrogen (secondary N) is 1. The third-order valence-corrected chi connectivity index (χ3v) is 8.47. The van der Waals surface area contributed by atoms with Crippen molar-refractivity contribution in [1.29, 1.82) is 0 Å². The zero-order valence-electron chi connectivity index (χ0n) is 24.6. The highest BCUT2D eigenvalue weighted by Crippen LogP contribution is 2.31. The molecule has 2 atom stereocenters. The minimum atomic E-state index is -2.76. The van der Waals surface area contributed by atoms with Crippen LogP contribution in [0.15, 0.2) is 30.3 Å². The molecular weight excluding hydrogens is 540 g/mol. The van der Waals surface area contributed by atoms with Crippen LogP contribution in [-0.4, -0.2) is 87.1 Å². The lowest BCUT2D eigenvalue weighted by Gasteiger charge is -2.39. The van der Waals surface area contributed by atoms with Crippen molar-refractivity contribution < 1.29 is 18.6 Å². The van der Waals surface area contributed by atoms with Gasteiger partial charge in [0.15, 0.2) is 5.82 Å². The second-order valence-corrected chi connectivity index (χ2v) is 11.3. The largest absolute Gasteiger partial charge is 0.395 e. The van der Waals surface area contributed by atoms with E-state index >= 15 is 0 Å². The van der Waals surface area contributed by atoms with E-state index in [2.05, 4.69) is 38.9 Å². The van der Waals surface area contributed by atoms with Gasteiger partial charge in [0.1, 0.15) is 11.6 Å². The molecular formula is C31H41F2N7O2. The molecule has 1 aromatic carbocycles. The number of ether oxygens (including phenoxy) is 1. The van der Waals surface area contributed by atoms with Gasteiger partial charge in [-0.05, 0) is 64.5 Å². The van der Waals surface area contributed by atoms with E-state index in [0.717, 1.165) is 25.7 Å². The molecule has 1 saturated heterocycles. The normalized spacial score (nSPS) is 21.9. The van der Waals surface area contributed by atoms with Crippen LogP contribution in [-0.2, 0) is 4.74 Å². The van der Waals surface area contributed by atoms with E-state index in [-0.39, 0.29) is 24.5 Å². The Bertz CT molecular complexity index is 1400. The summed E-state index contributed by atoms with van der Waals surface area (Å²) < 4.78 is 35.5. The Balaban J connectivity index is 1.38. The highest BCUT2D eigenvalue weighted by Gasteiger charge is 2.29. The van der Waals surface area contributed by atoms with Crippen molar-refractivity contribution in [3.8, 4) is 17.7 Å². The van der Waals surface area contributed by atoms with E-state index in [0.29, 0.717) is 73.4 Å². The Morgan fingerprint density at radius 1 is 1.14 bits per heavy atom. The zero-order valence-corrected chi connectivity index (χ0v) is 24.6. The predicted molar refractivity (Wildman–Crippen MR) is 160 cm³/mol. The van der Waals surface area contributed by atoms with Crippen LogP contribution in [0, 0.1) is 17.8 Å². The molecule has 5 rings (SSSR count). The predicted octanol–water partition coefficient (Wildman–Crippen LogP) is 4.66. The summed E-state index contributed by atoms with van der Waals surface area (Å²) in [6, 6.07) is 9.44. The number of aliphatic hydroxyl groups excluding tert-OH is 1. The van der Waals surface area contributed by atoms with Gasteiger partial charge in [0.2, 0.25) is 5.95 Å². The lowest BCUT2D eigenvalue weighted by molar-refractivity contribution is 0.0785. The van der Waals surface area contributed by atoms with Crippen molar-refractivity contribution in [3.05, 3.63) is 36.2 Å². The van der Waals surface area contributed by atoms with E-state index in [4.69, 9.17) is 14.7 Å². The second kappa shape index (κ2) is 13.8. The first-order chi connectivity index (χ1) is 20.4. The van der Waals surface area contributed by atoms with E-state index in [1.165, 1.54) is 4.57 Å². The van der Waals surface area contributed by atoms with Crippen LogP contribution in [0.3, 0.4) is 0 Å². The van der Waals surface area contributed by atoms with Gasteiger partial charge in [-0.1, -0.05) is 18.1 Å². The van der Waals surface area contributed by atoms with Crippen molar-refractivity contribution in [2.45, 2.75) is 71.0 Å². The summed E-state index contributed by atoms with van der Waals surface area (Å²) in [6.07, 6.45) is 1.35. The van der Waals surface area contributed by atoms with Gasteiger partial charge in [0.25, 0.3) is 6.43 Å². The standard InChI is InChI=1S/C31H41F2N7O2/c1-4-5-14-38(21(2)19-41)24-12-10-23(11-13-24)18-34-31-36-27(39-15-16-42-20-22(39)3)17-28(37-31)40-26-9-7-6-8-25(26)35-30(40)29(32)33/h6-9,17,21-24,29,41H,10-16,18-20H2,1-3H3,(H,34,36,37)/t21?,22-,23-,24-/m1/s1. The number of hydrogen-bond donors (Lipinski definition) is 2. The molecule has 42 heavy (non-hydrogen) atoms. The first kappa shape index (κ1) is 30.1. The monoisotopic (exact) mass is 581 g/mol. The van der Waals surface area contributed by atoms with E-state index < -0.39 is 6.43 Å². The molecule has 2 fully saturated rings. The molecule has 3 heterocycles. The molecule has 3 aromatic rings. The van der Waals surface area contributed by atoms with Crippen molar-refractivity contribution in [3.63, 3.8) is 0 Å². The summed E-state index contributed by atoms with van der Waals surface area (Å²) in [7, 11) is 0. The van der Waals surface area contributed by atoms with Gasteiger partial charge in [-0.2, -0.15) is 9.97 Å². The second-order valence-electron chi connectivity index (χ2n) is 11.3. The number of alkyl halides is 2. The lowest BCUT2D eigenvalue weighted by Crippen LogP contribution is -2.45.